The molecule has 3 N–H and O–H groups in total. The maximum atomic E-state index is 12.7. The van der Waals surface area contributed by atoms with Crippen molar-refractivity contribution in [1.29, 1.82) is 0 Å². The Bertz CT molecular complexity index is 814. The van der Waals surface area contributed by atoms with Crippen molar-refractivity contribution in [3.05, 3.63) is 24.0 Å². The van der Waals surface area contributed by atoms with E-state index in [2.05, 4.69) is 39.1 Å². The maximum absolute atomic E-state index is 12.7. The highest BCUT2D eigenvalue weighted by atomic mass is 16.3. The number of β-amino-alcohol motifs (C(OH)–C–C–N with tert-alkyl or cyclic N) is 1. The molecule has 2 aliphatic rings. The Kier molecular flexibility index (Phi) is 5.03. The molecule has 8 heteroatoms. The first-order chi connectivity index (χ1) is 13.0. The molecule has 0 spiro atoms. The number of hydrogen-bond donors (Lipinski definition) is 3. The number of anilines is 1. The van der Waals surface area contributed by atoms with Crippen LogP contribution < -0.4 is 5.32 Å². The lowest BCUT2D eigenvalue weighted by Gasteiger charge is -2.37. The number of aryl methyl sites for hydroxylation is 1. The zero-order valence-corrected chi connectivity index (χ0v) is 16.0. The van der Waals surface area contributed by atoms with Crippen LogP contribution in [0, 0.1) is 0 Å². The maximum Gasteiger partial charge on any atom is 0.321 e. The molecule has 2 saturated heterocycles. The highest BCUT2D eigenvalue weighted by Gasteiger charge is 2.38. The number of urea groups is 1. The van der Waals surface area contributed by atoms with Crippen LogP contribution in [-0.4, -0.2) is 94.3 Å². The monoisotopic (exact) mass is 372 g/mol. The van der Waals surface area contributed by atoms with E-state index in [4.69, 9.17) is 0 Å². The summed E-state index contributed by atoms with van der Waals surface area (Å²) in [5, 5.41) is 13.4. The van der Waals surface area contributed by atoms with Gasteiger partial charge in [-0.05, 0) is 25.2 Å². The Morgan fingerprint density at radius 1 is 1.30 bits per heavy atom. The molecule has 0 saturated carbocycles. The predicted octanol–water partition coefficient (Wildman–Crippen LogP) is 0.950. The van der Waals surface area contributed by atoms with Crippen LogP contribution in [0.4, 0.5) is 10.5 Å². The standard InChI is InChI=1S/C19H28N6O2/c1-3-18-21-14-5-4-13(10-15(14)22-18)20-19(27)25-11-16(17(26)12-25)24-8-6-23(2)7-9-24/h4-5,10,16-17,26H,3,6-9,11-12H2,1-2H3,(H,20,27)(H,21,22)/t16-,17-/m0/s1. The number of likely N-dealkylation sites (N-methyl/N-ethyl adjacent to an activating group) is 1. The van der Waals surface area contributed by atoms with Crippen molar-refractivity contribution >= 4 is 22.8 Å². The lowest BCUT2D eigenvalue weighted by atomic mass is 10.1. The largest absolute Gasteiger partial charge is 0.390 e. The van der Waals surface area contributed by atoms with Crippen molar-refractivity contribution in [2.24, 2.45) is 0 Å². The van der Waals surface area contributed by atoms with Crippen LogP contribution in [-0.2, 0) is 6.42 Å². The number of aliphatic hydroxyl groups excluding tert-OH is 1. The van der Waals surface area contributed by atoms with Gasteiger partial charge in [0, 0.05) is 44.8 Å². The van der Waals surface area contributed by atoms with E-state index >= 15 is 0 Å². The number of rotatable bonds is 3. The minimum atomic E-state index is -0.499. The molecule has 0 unspecified atom stereocenters. The van der Waals surface area contributed by atoms with Crippen molar-refractivity contribution in [2.75, 3.05) is 51.6 Å². The van der Waals surface area contributed by atoms with Crippen LogP contribution in [0.3, 0.4) is 0 Å². The van der Waals surface area contributed by atoms with Gasteiger partial charge < -0.3 is 25.2 Å². The van der Waals surface area contributed by atoms with Gasteiger partial charge in [0.1, 0.15) is 5.82 Å². The molecular formula is C19H28N6O2. The fourth-order valence-electron chi connectivity index (χ4n) is 3.96. The van der Waals surface area contributed by atoms with Crippen molar-refractivity contribution in [1.82, 2.24) is 24.7 Å². The Hall–Kier alpha value is -2.16. The van der Waals surface area contributed by atoms with Gasteiger partial charge in [-0.25, -0.2) is 9.78 Å². The van der Waals surface area contributed by atoms with Crippen LogP contribution in [0.25, 0.3) is 11.0 Å². The van der Waals surface area contributed by atoms with Crippen molar-refractivity contribution in [2.45, 2.75) is 25.5 Å². The third-order valence-electron chi connectivity index (χ3n) is 5.67. The minimum Gasteiger partial charge on any atom is -0.390 e. The fraction of sp³-hybridized carbons (Fsp3) is 0.579. The molecule has 1 aromatic heterocycles. The molecule has 0 aliphatic carbocycles. The number of carbonyl (C=O) groups is 1. The van der Waals surface area contributed by atoms with Gasteiger partial charge in [-0.1, -0.05) is 6.92 Å². The molecule has 3 heterocycles. The number of aromatic nitrogens is 2. The second-order valence-corrected chi connectivity index (χ2v) is 7.58. The minimum absolute atomic E-state index is 0.0200. The SMILES string of the molecule is CCc1nc2ccc(NC(=O)N3C[C@H](O)[C@@H](N4CCN(C)CC4)C3)cc2[nH]1. The Morgan fingerprint density at radius 2 is 2.07 bits per heavy atom. The number of carbonyl (C=O) groups excluding carboxylic acids is 1. The molecule has 8 nitrogen and oxygen atoms in total. The van der Waals surface area contributed by atoms with E-state index in [9.17, 15) is 9.90 Å². The van der Waals surface area contributed by atoms with Gasteiger partial charge in [0.05, 0.1) is 29.7 Å². The first-order valence-electron chi connectivity index (χ1n) is 9.68. The van der Waals surface area contributed by atoms with E-state index in [1.807, 2.05) is 18.2 Å². The Balaban J connectivity index is 1.39. The van der Waals surface area contributed by atoms with Crippen molar-refractivity contribution in [3.63, 3.8) is 0 Å². The van der Waals surface area contributed by atoms with Gasteiger partial charge in [-0.2, -0.15) is 0 Å². The molecule has 4 rings (SSSR count). The van der Waals surface area contributed by atoms with Crippen LogP contribution in [0.2, 0.25) is 0 Å². The number of aromatic amines is 1. The normalized spacial score (nSPS) is 24.6. The number of nitrogens with zero attached hydrogens (tertiary/aromatic N) is 4. The molecule has 1 aromatic carbocycles. The zero-order valence-electron chi connectivity index (χ0n) is 16.0. The van der Waals surface area contributed by atoms with Gasteiger partial charge in [-0.15, -0.1) is 0 Å². The number of H-pyrrole nitrogens is 1. The van der Waals surface area contributed by atoms with Gasteiger partial charge in [0.15, 0.2) is 0 Å². The van der Waals surface area contributed by atoms with Crippen LogP contribution in [0.5, 0.6) is 0 Å². The quantitative estimate of drug-likeness (QED) is 0.747. The number of imidazole rings is 1. The summed E-state index contributed by atoms with van der Waals surface area (Å²) < 4.78 is 0. The number of likely N-dealkylation sites (tertiary alicyclic amines) is 1. The number of fused-ring (bicyclic) bond motifs is 1. The average Bonchev–Trinajstić information content (AvgIpc) is 3.25. The Morgan fingerprint density at radius 3 is 2.81 bits per heavy atom. The van der Waals surface area contributed by atoms with E-state index in [0.717, 1.165) is 55.1 Å². The number of piperazine rings is 1. The average molecular weight is 372 g/mol. The van der Waals surface area contributed by atoms with E-state index < -0.39 is 6.10 Å². The molecule has 27 heavy (non-hydrogen) atoms. The molecule has 0 radical (unpaired) electrons. The Labute approximate surface area is 159 Å². The number of nitrogens with one attached hydrogen (secondary N) is 2. The molecule has 0 bridgehead atoms. The second-order valence-electron chi connectivity index (χ2n) is 7.58. The third-order valence-corrected chi connectivity index (χ3v) is 5.67. The highest BCUT2D eigenvalue weighted by molar-refractivity contribution is 5.92. The lowest BCUT2D eigenvalue weighted by molar-refractivity contribution is 0.0512. The third kappa shape index (κ3) is 3.78. The van der Waals surface area contributed by atoms with E-state index in [1.165, 1.54) is 0 Å². The van der Waals surface area contributed by atoms with Gasteiger partial charge in [0.25, 0.3) is 0 Å². The smallest absolute Gasteiger partial charge is 0.321 e. The molecule has 2 fully saturated rings. The summed E-state index contributed by atoms with van der Waals surface area (Å²) >= 11 is 0. The molecule has 2 aromatic rings. The number of amides is 2. The summed E-state index contributed by atoms with van der Waals surface area (Å²) in [6.45, 7) is 6.85. The van der Waals surface area contributed by atoms with Gasteiger partial charge in [-0.3, -0.25) is 4.90 Å². The van der Waals surface area contributed by atoms with Gasteiger partial charge >= 0.3 is 6.03 Å². The summed E-state index contributed by atoms with van der Waals surface area (Å²) in [6, 6.07) is 5.54. The molecule has 2 atom stereocenters. The van der Waals surface area contributed by atoms with E-state index in [1.54, 1.807) is 4.90 Å². The number of benzene rings is 1. The lowest BCUT2D eigenvalue weighted by Crippen LogP contribution is -2.52. The van der Waals surface area contributed by atoms with Crippen LogP contribution >= 0.6 is 0 Å². The van der Waals surface area contributed by atoms with Crippen LogP contribution in [0.15, 0.2) is 18.2 Å². The summed E-state index contributed by atoms with van der Waals surface area (Å²) in [6.07, 6.45) is 0.344. The summed E-state index contributed by atoms with van der Waals surface area (Å²) in [4.78, 5) is 26.7. The van der Waals surface area contributed by atoms with E-state index in [0.29, 0.717) is 13.1 Å². The summed E-state index contributed by atoms with van der Waals surface area (Å²) in [5.74, 6) is 0.936. The molecular weight excluding hydrogens is 344 g/mol. The number of hydrogen-bond acceptors (Lipinski definition) is 5. The molecule has 2 amide bonds. The van der Waals surface area contributed by atoms with Crippen molar-refractivity contribution in [3.8, 4) is 0 Å². The first-order valence-corrected chi connectivity index (χ1v) is 9.68. The molecule has 2 aliphatic heterocycles. The van der Waals surface area contributed by atoms with E-state index in [-0.39, 0.29) is 12.1 Å². The highest BCUT2D eigenvalue weighted by Crippen LogP contribution is 2.21. The summed E-state index contributed by atoms with van der Waals surface area (Å²) in [7, 11) is 2.11. The zero-order chi connectivity index (χ0) is 19.0. The second kappa shape index (κ2) is 7.46. The predicted molar refractivity (Wildman–Crippen MR) is 105 cm³/mol. The topological polar surface area (TPSA) is 87.7 Å². The summed E-state index contributed by atoms with van der Waals surface area (Å²) in [5.41, 5.74) is 2.55. The van der Waals surface area contributed by atoms with Crippen molar-refractivity contribution < 1.29 is 9.90 Å². The first kappa shape index (κ1) is 18.2. The number of aliphatic hydroxyl groups is 1. The molecule has 146 valence electrons. The van der Waals surface area contributed by atoms with Crippen LogP contribution in [0.1, 0.15) is 12.7 Å². The van der Waals surface area contributed by atoms with Gasteiger partial charge in [0.2, 0.25) is 0 Å². The fourth-order valence-corrected chi connectivity index (χ4v) is 3.96.